The van der Waals surface area contributed by atoms with Crippen LogP contribution >= 0.6 is 0 Å². The Balaban J connectivity index is 1.26. The van der Waals surface area contributed by atoms with Gasteiger partial charge in [-0.05, 0) is 87.2 Å². The fraction of sp³-hybridized carbons (Fsp3) is 0.552. The number of hydrogen-bond acceptors (Lipinski definition) is 5. The van der Waals surface area contributed by atoms with Crippen LogP contribution in [0.3, 0.4) is 0 Å². The van der Waals surface area contributed by atoms with E-state index in [1.54, 1.807) is 12.1 Å². The van der Waals surface area contributed by atoms with Crippen LogP contribution in [0.4, 0.5) is 0 Å². The zero-order valence-electron chi connectivity index (χ0n) is 21.2. The predicted octanol–water partition coefficient (Wildman–Crippen LogP) is 3.56. The third-order valence-corrected chi connectivity index (χ3v) is 8.07. The lowest BCUT2D eigenvalue weighted by Crippen LogP contribution is -2.48. The molecule has 6 nitrogen and oxygen atoms in total. The number of carbonyl (C=O) groups is 1. The van der Waals surface area contributed by atoms with Crippen LogP contribution in [0.25, 0.3) is 0 Å². The Morgan fingerprint density at radius 3 is 2.63 bits per heavy atom. The summed E-state index contributed by atoms with van der Waals surface area (Å²) in [6, 6.07) is 14.4. The van der Waals surface area contributed by atoms with E-state index in [0.717, 1.165) is 63.3 Å². The first-order valence-corrected chi connectivity index (χ1v) is 13.1. The van der Waals surface area contributed by atoms with Crippen molar-refractivity contribution >= 4 is 5.91 Å². The average molecular weight is 478 g/mol. The van der Waals surface area contributed by atoms with Crippen molar-refractivity contribution in [2.24, 2.45) is 11.8 Å². The smallest absolute Gasteiger partial charge is 0.227 e. The molecule has 2 saturated heterocycles. The van der Waals surface area contributed by atoms with Crippen molar-refractivity contribution in [3.63, 3.8) is 0 Å². The zero-order valence-corrected chi connectivity index (χ0v) is 21.2. The highest BCUT2D eigenvalue weighted by atomic mass is 16.5. The number of fused-ring (bicyclic) bond motifs is 1. The molecule has 35 heavy (non-hydrogen) atoms. The van der Waals surface area contributed by atoms with Gasteiger partial charge in [-0.25, -0.2) is 0 Å². The van der Waals surface area contributed by atoms with Crippen molar-refractivity contribution in [2.45, 2.75) is 44.7 Å². The van der Waals surface area contributed by atoms with E-state index in [9.17, 15) is 9.90 Å². The molecule has 2 aliphatic heterocycles. The van der Waals surface area contributed by atoms with Gasteiger partial charge in [-0.1, -0.05) is 18.2 Å². The van der Waals surface area contributed by atoms with Gasteiger partial charge in [0.1, 0.15) is 11.5 Å². The van der Waals surface area contributed by atoms with Gasteiger partial charge in [0.2, 0.25) is 5.91 Å². The highest BCUT2D eigenvalue weighted by Crippen LogP contribution is 2.30. The largest absolute Gasteiger partial charge is 0.508 e. The average Bonchev–Trinajstić information content (AvgIpc) is 3.53. The SMILES string of the molecule is CN(C)C1CCN(C(=O)[C@@H]2C[C@H](COc3ccc4c(c3)CCC4)CN(Cc3ccc(O)cc3)C2)C1. The zero-order chi connectivity index (χ0) is 24.4. The fourth-order valence-electron chi connectivity index (χ4n) is 6.06. The van der Waals surface area contributed by atoms with Crippen molar-refractivity contribution in [3.8, 4) is 11.5 Å². The summed E-state index contributed by atoms with van der Waals surface area (Å²) in [5.74, 6) is 1.83. The number of aromatic hydroxyl groups is 1. The first-order chi connectivity index (χ1) is 16.9. The number of benzene rings is 2. The number of phenolic OH excluding ortho intramolecular Hbond substituents is 1. The van der Waals surface area contributed by atoms with E-state index >= 15 is 0 Å². The molecule has 3 aliphatic rings. The van der Waals surface area contributed by atoms with Gasteiger partial charge in [-0.3, -0.25) is 9.69 Å². The Hall–Kier alpha value is -2.57. The molecule has 1 N–H and O–H groups in total. The minimum Gasteiger partial charge on any atom is -0.508 e. The summed E-state index contributed by atoms with van der Waals surface area (Å²) in [6.45, 7) is 4.78. The summed E-state index contributed by atoms with van der Waals surface area (Å²) in [7, 11) is 4.20. The van der Waals surface area contributed by atoms with E-state index in [2.05, 4.69) is 47.0 Å². The van der Waals surface area contributed by atoms with Gasteiger partial charge in [-0.15, -0.1) is 0 Å². The van der Waals surface area contributed by atoms with Crippen molar-refractivity contribution in [3.05, 3.63) is 59.2 Å². The van der Waals surface area contributed by atoms with E-state index in [0.29, 0.717) is 24.5 Å². The lowest BCUT2D eigenvalue weighted by atomic mass is 9.88. The molecule has 0 aromatic heterocycles. The number of piperidine rings is 1. The Labute approximate surface area is 209 Å². The molecule has 2 aromatic rings. The Kier molecular flexibility index (Phi) is 7.30. The lowest BCUT2D eigenvalue weighted by molar-refractivity contribution is -0.137. The van der Waals surface area contributed by atoms with Crippen LogP contribution in [0.15, 0.2) is 42.5 Å². The summed E-state index contributed by atoms with van der Waals surface area (Å²) < 4.78 is 6.30. The van der Waals surface area contributed by atoms with E-state index in [-0.39, 0.29) is 11.7 Å². The third-order valence-electron chi connectivity index (χ3n) is 8.07. The maximum absolute atomic E-state index is 13.6. The molecule has 188 valence electrons. The molecule has 1 aliphatic carbocycles. The number of amides is 1. The molecule has 6 heteroatoms. The number of rotatable bonds is 7. The maximum atomic E-state index is 13.6. The summed E-state index contributed by atoms with van der Waals surface area (Å²) in [4.78, 5) is 20.3. The summed E-state index contributed by atoms with van der Waals surface area (Å²) >= 11 is 0. The molecule has 5 rings (SSSR count). The Morgan fingerprint density at radius 2 is 1.86 bits per heavy atom. The van der Waals surface area contributed by atoms with Gasteiger partial charge >= 0.3 is 0 Å². The highest BCUT2D eigenvalue weighted by Gasteiger charge is 2.37. The Morgan fingerprint density at radius 1 is 1.06 bits per heavy atom. The van der Waals surface area contributed by atoms with Crippen molar-refractivity contribution in [1.82, 2.24) is 14.7 Å². The molecular formula is C29H39N3O3. The second kappa shape index (κ2) is 10.6. The van der Waals surface area contributed by atoms with Gasteiger partial charge in [0.15, 0.2) is 0 Å². The normalized spacial score (nSPS) is 24.7. The van der Waals surface area contributed by atoms with Crippen molar-refractivity contribution in [1.29, 1.82) is 0 Å². The molecule has 1 amide bonds. The molecule has 3 atom stereocenters. The maximum Gasteiger partial charge on any atom is 0.227 e. The monoisotopic (exact) mass is 477 g/mol. The van der Waals surface area contributed by atoms with Gasteiger partial charge in [0.05, 0.1) is 12.5 Å². The topological polar surface area (TPSA) is 56.2 Å². The number of likely N-dealkylation sites (tertiary alicyclic amines) is 2. The molecule has 2 aromatic carbocycles. The van der Waals surface area contributed by atoms with Gasteiger partial charge in [0.25, 0.3) is 0 Å². The standard InChI is InChI=1S/C29H39N3O3/c1-30(2)26-12-13-32(19-26)29(34)25-14-22(17-31(18-25)16-21-6-9-27(33)10-7-21)20-35-28-11-8-23-4-3-5-24(23)15-28/h6-11,15,22,25-26,33H,3-5,12-14,16-20H2,1-2H3/t22-,25+,26?/m0/s1. The predicted molar refractivity (Wildman–Crippen MR) is 138 cm³/mol. The number of hydrogen-bond donors (Lipinski definition) is 1. The van der Waals surface area contributed by atoms with Crippen molar-refractivity contribution < 1.29 is 14.6 Å². The summed E-state index contributed by atoms with van der Waals surface area (Å²) in [6.07, 6.45) is 5.49. The first-order valence-electron chi connectivity index (χ1n) is 13.1. The van der Waals surface area contributed by atoms with E-state index in [1.165, 1.54) is 24.0 Å². The first kappa shape index (κ1) is 24.1. The third kappa shape index (κ3) is 5.81. The summed E-state index contributed by atoms with van der Waals surface area (Å²) in [5, 5.41) is 9.65. The van der Waals surface area contributed by atoms with Crippen LogP contribution in [0, 0.1) is 11.8 Å². The van der Waals surface area contributed by atoms with Crippen LogP contribution in [-0.4, -0.2) is 78.6 Å². The van der Waals surface area contributed by atoms with E-state index in [1.807, 2.05) is 12.1 Å². The second-order valence-corrected chi connectivity index (χ2v) is 10.9. The Bertz CT molecular complexity index is 1020. The van der Waals surface area contributed by atoms with Crippen molar-refractivity contribution in [2.75, 3.05) is 46.9 Å². The minimum atomic E-state index is -0.00426. The quantitative estimate of drug-likeness (QED) is 0.661. The highest BCUT2D eigenvalue weighted by molar-refractivity contribution is 5.79. The van der Waals surface area contributed by atoms with Crippen LogP contribution in [0.5, 0.6) is 11.5 Å². The van der Waals surface area contributed by atoms with Crippen LogP contribution in [-0.2, 0) is 24.2 Å². The number of nitrogens with zero attached hydrogens (tertiary/aromatic N) is 3. The number of carbonyl (C=O) groups excluding carboxylic acids is 1. The fourth-order valence-corrected chi connectivity index (χ4v) is 6.06. The van der Waals surface area contributed by atoms with E-state index in [4.69, 9.17) is 4.74 Å². The molecule has 1 unspecified atom stereocenters. The number of likely N-dealkylation sites (N-methyl/N-ethyl adjacent to an activating group) is 1. The second-order valence-electron chi connectivity index (χ2n) is 10.9. The van der Waals surface area contributed by atoms with Crippen LogP contribution in [0.2, 0.25) is 0 Å². The summed E-state index contributed by atoms with van der Waals surface area (Å²) in [5.41, 5.74) is 4.04. The number of phenols is 1. The van der Waals surface area contributed by atoms with Crippen LogP contribution < -0.4 is 4.74 Å². The van der Waals surface area contributed by atoms with Gasteiger partial charge in [0, 0.05) is 44.7 Å². The molecule has 0 spiro atoms. The number of aryl methyl sites for hydroxylation is 2. The molecular weight excluding hydrogens is 438 g/mol. The van der Waals surface area contributed by atoms with E-state index < -0.39 is 0 Å². The molecule has 0 bridgehead atoms. The molecule has 0 saturated carbocycles. The molecule has 2 heterocycles. The number of ether oxygens (including phenoxy) is 1. The molecule has 0 radical (unpaired) electrons. The lowest BCUT2D eigenvalue weighted by Gasteiger charge is -2.38. The molecule has 2 fully saturated rings. The van der Waals surface area contributed by atoms with Crippen LogP contribution in [0.1, 0.15) is 36.0 Å². The van der Waals surface area contributed by atoms with Gasteiger partial charge in [-0.2, -0.15) is 0 Å². The minimum absolute atomic E-state index is 0.00426. The van der Waals surface area contributed by atoms with Gasteiger partial charge < -0.3 is 19.6 Å².